The molecule has 0 bridgehead atoms. The fourth-order valence-electron chi connectivity index (χ4n) is 3.11. The number of benzene rings is 1. The number of rotatable bonds is 3. The van der Waals surface area contributed by atoms with Crippen LogP contribution in [0, 0.1) is 3.57 Å². The summed E-state index contributed by atoms with van der Waals surface area (Å²) in [5.41, 5.74) is 4.42. The van der Waals surface area contributed by atoms with Gasteiger partial charge in [0.1, 0.15) is 0 Å². The van der Waals surface area contributed by atoms with E-state index in [4.69, 9.17) is 0 Å². The summed E-state index contributed by atoms with van der Waals surface area (Å²) in [6, 6.07) is 9.34. The van der Waals surface area contributed by atoms with Crippen molar-refractivity contribution in [2.24, 2.45) is 0 Å². The highest BCUT2D eigenvalue weighted by molar-refractivity contribution is 14.1. The van der Waals surface area contributed by atoms with E-state index in [1.54, 1.807) is 0 Å². The van der Waals surface area contributed by atoms with E-state index in [9.17, 15) is 0 Å². The second-order valence-electron chi connectivity index (χ2n) is 5.62. The minimum Gasteiger partial charge on any atom is -0.349 e. The molecule has 0 saturated carbocycles. The minimum atomic E-state index is 0.533. The molecular weight excluding hydrogens is 359 g/mol. The van der Waals surface area contributed by atoms with Crippen molar-refractivity contribution in [2.75, 3.05) is 7.05 Å². The zero-order valence-electron chi connectivity index (χ0n) is 11.9. The van der Waals surface area contributed by atoms with Crippen molar-refractivity contribution in [3.63, 3.8) is 0 Å². The number of nitrogens with zero attached hydrogens (tertiary/aromatic N) is 1. The van der Waals surface area contributed by atoms with Crippen molar-refractivity contribution >= 4 is 22.6 Å². The van der Waals surface area contributed by atoms with Crippen LogP contribution in [0.3, 0.4) is 0 Å². The Hall–Kier alpha value is -0.810. The Morgan fingerprint density at radius 3 is 2.75 bits per heavy atom. The number of nitrogens with one attached hydrogen (secondary N) is 1. The van der Waals surface area contributed by atoms with Crippen LogP contribution in [0.1, 0.15) is 42.0 Å². The molecule has 1 unspecified atom stereocenters. The van der Waals surface area contributed by atoms with Gasteiger partial charge in [0, 0.05) is 28.6 Å². The Balaban J connectivity index is 1.83. The van der Waals surface area contributed by atoms with Gasteiger partial charge in [-0.3, -0.25) is 0 Å². The average Bonchev–Trinajstić information content (AvgIpc) is 2.75. The molecule has 2 nitrogen and oxygen atoms in total. The summed E-state index contributed by atoms with van der Waals surface area (Å²) < 4.78 is 3.65. The molecule has 0 spiro atoms. The third-order valence-electron chi connectivity index (χ3n) is 4.19. The van der Waals surface area contributed by atoms with E-state index in [1.165, 1.54) is 45.9 Å². The summed E-state index contributed by atoms with van der Waals surface area (Å²) >= 11 is 2.35. The summed E-state index contributed by atoms with van der Waals surface area (Å²) in [7, 11) is 2.08. The minimum absolute atomic E-state index is 0.533. The first-order chi connectivity index (χ1) is 9.76. The molecule has 1 aliphatic carbocycles. The van der Waals surface area contributed by atoms with E-state index in [2.05, 4.69) is 76.2 Å². The molecule has 20 heavy (non-hydrogen) atoms. The van der Waals surface area contributed by atoms with Gasteiger partial charge in [0.05, 0.1) is 0 Å². The van der Waals surface area contributed by atoms with E-state index in [-0.39, 0.29) is 0 Å². The fraction of sp³-hybridized carbons (Fsp3) is 0.412. The van der Waals surface area contributed by atoms with Crippen LogP contribution in [0.25, 0.3) is 0 Å². The van der Waals surface area contributed by atoms with E-state index in [0.29, 0.717) is 6.04 Å². The van der Waals surface area contributed by atoms with Crippen molar-refractivity contribution < 1.29 is 0 Å². The summed E-state index contributed by atoms with van der Waals surface area (Å²) in [6.45, 7) is 0.973. The lowest BCUT2D eigenvalue weighted by Gasteiger charge is -2.13. The predicted octanol–water partition coefficient (Wildman–Crippen LogP) is 4.13. The number of halogens is 1. The maximum Gasteiger partial charge on any atom is 0.0470 e. The van der Waals surface area contributed by atoms with Gasteiger partial charge in [0.2, 0.25) is 0 Å². The number of fused-ring (bicyclic) bond motifs is 1. The van der Waals surface area contributed by atoms with E-state index >= 15 is 0 Å². The van der Waals surface area contributed by atoms with Gasteiger partial charge in [0.15, 0.2) is 0 Å². The van der Waals surface area contributed by atoms with Gasteiger partial charge >= 0.3 is 0 Å². The highest BCUT2D eigenvalue weighted by Gasteiger charge is 2.19. The standard InChI is InChI=1S/C17H21IN2/c1-19-17-5-3-2-4-14-11-20(12-16(14)17)10-13-6-8-15(18)9-7-13/h6-9,11-12,17,19H,2-5,10H2,1H3. The largest absolute Gasteiger partial charge is 0.349 e. The normalized spacial score (nSPS) is 18.6. The molecule has 1 N–H and O–H groups in total. The van der Waals surface area contributed by atoms with Gasteiger partial charge in [-0.2, -0.15) is 0 Å². The maximum atomic E-state index is 3.47. The molecular formula is C17H21IN2. The molecule has 3 rings (SSSR count). The zero-order chi connectivity index (χ0) is 13.9. The Morgan fingerprint density at radius 2 is 2.00 bits per heavy atom. The number of aryl methyl sites for hydroxylation is 1. The monoisotopic (exact) mass is 380 g/mol. The topological polar surface area (TPSA) is 17.0 Å². The van der Waals surface area contributed by atoms with Gasteiger partial charge in [-0.25, -0.2) is 0 Å². The van der Waals surface area contributed by atoms with E-state index in [0.717, 1.165) is 6.54 Å². The van der Waals surface area contributed by atoms with Crippen LogP contribution in [0.4, 0.5) is 0 Å². The fourth-order valence-corrected chi connectivity index (χ4v) is 3.47. The van der Waals surface area contributed by atoms with Gasteiger partial charge in [-0.1, -0.05) is 18.6 Å². The molecule has 106 valence electrons. The molecule has 0 fully saturated rings. The van der Waals surface area contributed by atoms with Crippen LogP contribution in [0.15, 0.2) is 36.7 Å². The molecule has 1 aromatic heterocycles. The van der Waals surface area contributed by atoms with Crippen LogP contribution < -0.4 is 5.32 Å². The van der Waals surface area contributed by atoms with Crippen molar-refractivity contribution in [3.8, 4) is 0 Å². The van der Waals surface area contributed by atoms with Gasteiger partial charge in [0.25, 0.3) is 0 Å². The number of hydrogen-bond acceptors (Lipinski definition) is 1. The first-order valence-electron chi connectivity index (χ1n) is 7.36. The smallest absolute Gasteiger partial charge is 0.0470 e. The molecule has 2 aromatic rings. The third-order valence-corrected chi connectivity index (χ3v) is 4.91. The van der Waals surface area contributed by atoms with Gasteiger partial charge in [-0.15, -0.1) is 0 Å². The van der Waals surface area contributed by atoms with Gasteiger partial charge < -0.3 is 9.88 Å². The Kier molecular flexibility index (Phi) is 4.46. The SMILES string of the molecule is CNC1CCCCc2cn(Cc3ccc(I)cc3)cc21. The van der Waals surface area contributed by atoms with Gasteiger partial charge in [-0.05, 0) is 77.7 Å². The number of aromatic nitrogens is 1. The van der Waals surface area contributed by atoms with Crippen molar-refractivity contribution in [2.45, 2.75) is 38.3 Å². The summed E-state index contributed by atoms with van der Waals surface area (Å²) in [5.74, 6) is 0. The molecule has 0 radical (unpaired) electrons. The van der Waals surface area contributed by atoms with E-state index < -0.39 is 0 Å². The van der Waals surface area contributed by atoms with Crippen molar-refractivity contribution in [1.82, 2.24) is 9.88 Å². The molecule has 0 aliphatic heterocycles. The molecule has 1 aromatic carbocycles. The molecule has 1 atom stereocenters. The first kappa shape index (κ1) is 14.1. The first-order valence-corrected chi connectivity index (χ1v) is 8.44. The lowest BCUT2D eigenvalue weighted by molar-refractivity contribution is 0.531. The quantitative estimate of drug-likeness (QED) is 0.626. The van der Waals surface area contributed by atoms with Crippen LogP contribution in [0.5, 0.6) is 0 Å². The summed E-state index contributed by atoms with van der Waals surface area (Å²) in [5, 5.41) is 3.47. The molecule has 0 saturated heterocycles. The van der Waals surface area contributed by atoms with Crippen LogP contribution in [0.2, 0.25) is 0 Å². The molecule has 3 heteroatoms. The molecule has 1 heterocycles. The zero-order valence-corrected chi connectivity index (χ0v) is 14.1. The number of hydrogen-bond donors (Lipinski definition) is 1. The summed E-state index contributed by atoms with van der Waals surface area (Å²) in [4.78, 5) is 0. The Bertz CT molecular complexity index is 571. The second kappa shape index (κ2) is 6.31. The maximum absolute atomic E-state index is 3.47. The van der Waals surface area contributed by atoms with E-state index in [1.807, 2.05) is 0 Å². The summed E-state index contributed by atoms with van der Waals surface area (Å²) in [6.07, 6.45) is 9.84. The highest BCUT2D eigenvalue weighted by atomic mass is 127. The lowest BCUT2D eigenvalue weighted by Crippen LogP contribution is -2.15. The molecule has 0 amide bonds. The lowest BCUT2D eigenvalue weighted by atomic mass is 10.1. The second-order valence-corrected chi connectivity index (χ2v) is 6.87. The average molecular weight is 380 g/mol. The van der Waals surface area contributed by atoms with Crippen molar-refractivity contribution in [1.29, 1.82) is 0 Å². The molecule has 1 aliphatic rings. The Labute approximate surface area is 134 Å². The van der Waals surface area contributed by atoms with Crippen molar-refractivity contribution in [3.05, 3.63) is 56.9 Å². The Morgan fingerprint density at radius 1 is 1.20 bits per heavy atom. The van der Waals surface area contributed by atoms with Crippen LogP contribution in [-0.2, 0) is 13.0 Å². The predicted molar refractivity (Wildman–Crippen MR) is 92.0 cm³/mol. The van der Waals surface area contributed by atoms with Crippen LogP contribution >= 0.6 is 22.6 Å². The third kappa shape index (κ3) is 3.09. The highest BCUT2D eigenvalue weighted by Crippen LogP contribution is 2.29. The van der Waals surface area contributed by atoms with Crippen LogP contribution in [-0.4, -0.2) is 11.6 Å².